The van der Waals surface area contributed by atoms with Gasteiger partial charge in [-0.05, 0) is 37.2 Å². The molecule has 1 fully saturated rings. The zero-order valence-corrected chi connectivity index (χ0v) is 13.8. The largest absolute Gasteiger partial charge is 0.497 e. The third-order valence-corrected chi connectivity index (χ3v) is 3.91. The maximum absolute atomic E-state index is 12.2. The van der Waals surface area contributed by atoms with E-state index in [1.165, 1.54) is 0 Å². The topological polar surface area (TPSA) is 70.7 Å². The average molecular weight is 319 g/mol. The summed E-state index contributed by atoms with van der Waals surface area (Å²) in [5.41, 5.74) is 0.802. The number of amides is 2. The molecule has 1 aliphatic heterocycles. The Morgan fingerprint density at radius 3 is 2.65 bits per heavy atom. The molecule has 2 rings (SSSR count). The van der Waals surface area contributed by atoms with E-state index in [4.69, 9.17) is 4.74 Å². The lowest BCUT2D eigenvalue weighted by atomic mass is 10.1. The molecule has 1 saturated heterocycles. The number of benzene rings is 1. The highest BCUT2D eigenvalue weighted by molar-refractivity contribution is 6.00. The first kappa shape index (κ1) is 17.3. The summed E-state index contributed by atoms with van der Waals surface area (Å²) in [6.45, 7) is 4.82. The molecule has 1 aliphatic rings. The van der Waals surface area contributed by atoms with Crippen LogP contribution < -0.4 is 20.3 Å². The number of rotatable bonds is 8. The summed E-state index contributed by atoms with van der Waals surface area (Å²) in [5.74, 6) is 0.400. The minimum Gasteiger partial charge on any atom is -0.497 e. The van der Waals surface area contributed by atoms with Gasteiger partial charge in [0.25, 0.3) is 0 Å². The summed E-state index contributed by atoms with van der Waals surface area (Å²) < 4.78 is 5.12. The van der Waals surface area contributed by atoms with Crippen LogP contribution in [0.2, 0.25) is 0 Å². The lowest BCUT2D eigenvalue weighted by Gasteiger charge is -2.17. The van der Waals surface area contributed by atoms with Crippen molar-refractivity contribution in [2.45, 2.75) is 19.8 Å². The molecule has 1 aromatic carbocycles. The summed E-state index contributed by atoms with van der Waals surface area (Å²) in [6.07, 6.45) is 1.34. The van der Waals surface area contributed by atoms with E-state index in [0.717, 1.165) is 30.9 Å². The van der Waals surface area contributed by atoms with Crippen LogP contribution in [0.3, 0.4) is 0 Å². The van der Waals surface area contributed by atoms with E-state index in [1.54, 1.807) is 12.0 Å². The molecule has 2 amide bonds. The number of carbonyl (C=O) groups excluding carboxylic acids is 2. The van der Waals surface area contributed by atoms with Gasteiger partial charge in [0.15, 0.2) is 0 Å². The summed E-state index contributed by atoms with van der Waals surface area (Å²) in [4.78, 5) is 26.0. The van der Waals surface area contributed by atoms with Crippen LogP contribution in [0, 0.1) is 5.92 Å². The fraction of sp³-hybridized carbons (Fsp3) is 0.529. The van der Waals surface area contributed by atoms with Crippen LogP contribution in [0.4, 0.5) is 5.69 Å². The summed E-state index contributed by atoms with van der Waals surface area (Å²) in [5, 5.41) is 6.13. The molecule has 0 saturated carbocycles. The van der Waals surface area contributed by atoms with E-state index in [1.807, 2.05) is 24.3 Å². The lowest BCUT2D eigenvalue weighted by Crippen LogP contribution is -2.37. The van der Waals surface area contributed by atoms with Crippen LogP contribution >= 0.6 is 0 Å². The monoisotopic (exact) mass is 319 g/mol. The first-order valence-electron chi connectivity index (χ1n) is 8.08. The molecule has 6 nitrogen and oxygen atoms in total. The molecule has 0 bridgehead atoms. The second-order valence-electron chi connectivity index (χ2n) is 5.64. The van der Waals surface area contributed by atoms with Crippen molar-refractivity contribution < 1.29 is 14.3 Å². The molecule has 1 unspecified atom stereocenters. The minimum atomic E-state index is -0.282. The van der Waals surface area contributed by atoms with Crippen molar-refractivity contribution in [1.82, 2.24) is 10.6 Å². The number of hydrogen-bond donors (Lipinski definition) is 2. The van der Waals surface area contributed by atoms with E-state index in [-0.39, 0.29) is 24.2 Å². The molecule has 1 aromatic rings. The van der Waals surface area contributed by atoms with Gasteiger partial charge in [-0.15, -0.1) is 0 Å². The fourth-order valence-electron chi connectivity index (χ4n) is 2.62. The zero-order valence-electron chi connectivity index (χ0n) is 13.8. The maximum Gasteiger partial charge on any atom is 0.227 e. The first-order chi connectivity index (χ1) is 11.2. The number of nitrogens with one attached hydrogen (secondary N) is 2. The minimum absolute atomic E-state index is 0.0144. The molecule has 6 heteroatoms. The van der Waals surface area contributed by atoms with Gasteiger partial charge >= 0.3 is 0 Å². The van der Waals surface area contributed by atoms with Crippen molar-refractivity contribution in [2.24, 2.45) is 5.92 Å². The smallest absolute Gasteiger partial charge is 0.227 e. The van der Waals surface area contributed by atoms with Crippen molar-refractivity contribution in [3.63, 3.8) is 0 Å². The predicted molar refractivity (Wildman–Crippen MR) is 89.6 cm³/mol. The van der Waals surface area contributed by atoms with Crippen LogP contribution in [0.15, 0.2) is 24.3 Å². The highest BCUT2D eigenvalue weighted by Gasteiger charge is 2.34. The number of carbonyl (C=O) groups is 2. The number of hydrogen-bond acceptors (Lipinski definition) is 4. The maximum atomic E-state index is 12.2. The Balaban J connectivity index is 1.84. The number of anilines is 1. The van der Waals surface area contributed by atoms with Crippen LogP contribution in [0.1, 0.15) is 19.8 Å². The van der Waals surface area contributed by atoms with Crippen molar-refractivity contribution in [3.05, 3.63) is 24.3 Å². The fourth-order valence-corrected chi connectivity index (χ4v) is 2.62. The molecule has 0 radical (unpaired) electrons. The number of nitrogens with zero attached hydrogens (tertiary/aromatic N) is 1. The summed E-state index contributed by atoms with van der Waals surface area (Å²) >= 11 is 0. The second-order valence-corrected chi connectivity index (χ2v) is 5.64. The lowest BCUT2D eigenvalue weighted by molar-refractivity contribution is -0.126. The van der Waals surface area contributed by atoms with Gasteiger partial charge in [-0.25, -0.2) is 0 Å². The molecule has 2 N–H and O–H groups in total. The predicted octanol–water partition coefficient (Wildman–Crippen LogP) is 1.16. The molecule has 0 aromatic heterocycles. The Bertz CT molecular complexity index is 530. The van der Waals surface area contributed by atoms with E-state index in [2.05, 4.69) is 17.6 Å². The van der Waals surface area contributed by atoms with E-state index < -0.39 is 0 Å². The van der Waals surface area contributed by atoms with E-state index >= 15 is 0 Å². The van der Waals surface area contributed by atoms with Crippen LogP contribution in [-0.2, 0) is 9.59 Å². The van der Waals surface area contributed by atoms with Gasteiger partial charge in [0.2, 0.25) is 11.8 Å². The van der Waals surface area contributed by atoms with Crippen molar-refractivity contribution in [1.29, 1.82) is 0 Å². The highest BCUT2D eigenvalue weighted by atomic mass is 16.5. The molecule has 0 spiro atoms. The Morgan fingerprint density at radius 2 is 2.00 bits per heavy atom. The Morgan fingerprint density at radius 1 is 1.26 bits per heavy atom. The first-order valence-corrected chi connectivity index (χ1v) is 8.08. The quantitative estimate of drug-likeness (QED) is 0.706. The highest BCUT2D eigenvalue weighted by Crippen LogP contribution is 2.26. The Kier molecular flexibility index (Phi) is 6.40. The Labute approximate surface area is 137 Å². The third-order valence-electron chi connectivity index (χ3n) is 3.91. The van der Waals surface area contributed by atoms with Crippen LogP contribution in [-0.4, -0.2) is 45.1 Å². The van der Waals surface area contributed by atoms with Crippen molar-refractivity contribution in [2.75, 3.05) is 38.2 Å². The summed E-state index contributed by atoms with van der Waals surface area (Å²) in [7, 11) is 1.60. The molecule has 0 aliphatic carbocycles. The van der Waals surface area contributed by atoms with Gasteiger partial charge in [0, 0.05) is 31.7 Å². The normalized spacial score (nSPS) is 17.4. The third kappa shape index (κ3) is 4.69. The summed E-state index contributed by atoms with van der Waals surface area (Å²) in [6, 6.07) is 7.31. The van der Waals surface area contributed by atoms with Gasteiger partial charge in [0.05, 0.1) is 13.0 Å². The van der Waals surface area contributed by atoms with Gasteiger partial charge in [-0.2, -0.15) is 0 Å². The van der Waals surface area contributed by atoms with Crippen LogP contribution in [0.25, 0.3) is 0 Å². The van der Waals surface area contributed by atoms with Gasteiger partial charge in [-0.3, -0.25) is 9.59 Å². The van der Waals surface area contributed by atoms with Gasteiger partial charge in [-0.1, -0.05) is 6.92 Å². The zero-order chi connectivity index (χ0) is 16.7. The number of methoxy groups -OCH3 is 1. The molecular formula is C17H25N3O3. The van der Waals surface area contributed by atoms with Gasteiger partial charge < -0.3 is 20.3 Å². The van der Waals surface area contributed by atoms with Crippen molar-refractivity contribution in [3.8, 4) is 5.75 Å². The average Bonchev–Trinajstić information content (AvgIpc) is 2.96. The van der Waals surface area contributed by atoms with E-state index in [9.17, 15) is 9.59 Å². The molecule has 23 heavy (non-hydrogen) atoms. The molecular weight excluding hydrogens is 294 g/mol. The molecule has 1 atom stereocenters. The molecule has 126 valence electrons. The standard InChI is InChI=1S/C17H25N3O3/c1-3-8-18-9-10-19-17(22)13-11-16(21)20(12-13)14-4-6-15(23-2)7-5-14/h4-7,13,18H,3,8-12H2,1-2H3,(H,19,22). The SMILES string of the molecule is CCCNCCNC(=O)C1CC(=O)N(c2ccc(OC)cc2)C1. The Hall–Kier alpha value is -2.08. The van der Waals surface area contributed by atoms with E-state index in [0.29, 0.717) is 13.1 Å². The van der Waals surface area contributed by atoms with Crippen molar-refractivity contribution >= 4 is 17.5 Å². The van der Waals surface area contributed by atoms with Crippen LogP contribution in [0.5, 0.6) is 5.75 Å². The van der Waals surface area contributed by atoms with Gasteiger partial charge in [0.1, 0.15) is 5.75 Å². The molecule has 1 heterocycles. The second kappa shape index (κ2) is 8.53. The number of ether oxygens (including phenoxy) is 1.